The highest BCUT2D eigenvalue weighted by Gasteiger charge is 2.23. The molecule has 21 heavy (non-hydrogen) atoms. The van der Waals surface area contributed by atoms with Gasteiger partial charge in [0.2, 0.25) is 0 Å². The smallest absolute Gasteiger partial charge is 0.0990 e. The van der Waals surface area contributed by atoms with Crippen molar-refractivity contribution >= 4 is 11.3 Å². The number of benzene rings is 1. The van der Waals surface area contributed by atoms with Crippen molar-refractivity contribution in [1.82, 2.24) is 10.3 Å². The van der Waals surface area contributed by atoms with Gasteiger partial charge in [0.05, 0.1) is 22.2 Å². The van der Waals surface area contributed by atoms with Gasteiger partial charge >= 0.3 is 0 Å². The van der Waals surface area contributed by atoms with Gasteiger partial charge < -0.3 is 10.1 Å². The van der Waals surface area contributed by atoms with E-state index in [2.05, 4.69) is 49.5 Å². The molecule has 1 N–H and O–H groups in total. The second kappa shape index (κ2) is 6.69. The van der Waals surface area contributed by atoms with E-state index < -0.39 is 0 Å². The largest absolute Gasteiger partial charge is 0.381 e. The van der Waals surface area contributed by atoms with Gasteiger partial charge in [-0.25, -0.2) is 4.98 Å². The summed E-state index contributed by atoms with van der Waals surface area (Å²) in [5.74, 6) is 0.477. The summed E-state index contributed by atoms with van der Waals surface area (Å²) in [6, 6.07) is 11.0. The van der Waals surface area contributed by atoms with E-state index in [0.29, 0.717) is 12.0 Å². The molecule has 0 radical (unpaired) electrons. The van der Waals surface area contributed by atoms with E-state index in [0.717, 1.165) is 26.2 Å². The molecular formula is C17H22N2OS. The highest BCUT2D eigenvalue weighted by Crippen LogP contribution is 2.36. The number of hydrogen-bond donors (Lipinski definition) is 1. The van der Waals surface area contributed by atoms with E-state index in [1.807, 2.05) is 11.3 Å². The lowest BCUT2D eigenvalue weighted by Crippen LogP contribution is -2.22. The predicted octanol–water partition coefficient (Wildman–Crippen LogP) is 3.81. The maximum atomic E-state index is 5.52. The zero-order valence-electron chi connectivity index (χ0n) is 12.6. The van der Waals surface area contributed by atoms with Gasteiger partial charge in [-0.05, 0) is 12.0 Å². The molecule has 3 rings (SSSR count). The lowest BCUT2D eigenvalue weighted by atomic mass is 10.1. The maximum absolute atomic E-state index is 5.52. The fourth-order valence-electron chi connectivity index (χ4n) is 2.51. The molecule has 0 saturated carbocycles. The van der Waals surface area contributed by atoms with Crippen molar-refractivity contribution in [2.24, 2.45) is 0 Å². The van der Waals surface area contributed by atoms with Crippen LogP contribution in [0.5, 0.6) is 0 Å². The molecule has 112 valence electrons. The maximum Gasteiger partial charge on any atom is 0.0990 e. The molecule has 3 nitrogen and oxygen atoms in total. The van der Waals surface area contributed by atoms with Crippen LogP contribution in [0.2, 0.25) is 0 Å². The monoisotopic (exact) mass is 302 g/mol. The third-order valence-corrected chi connectivity index (χ3v) is 5.02. The SMILES string of the molecule is CC(C)NCc1nc(C2CCOC2)sc1-c1ccccc1. The van der Waals surface area contributed by atoms with Crippen LogP contribution in [0.25, 0.3) is 10.4 Å². The van der Waals surface area contributed by atoms with Crippen molar-refractivity contribution in [3.05, 3.63) is 41.0 Å². The number of hydrogen-bond acceptors (Lipinski definition) is 4. The number of nitrogens with zero attached hydrogens (tertiary/aromatic N) is 1. The van der Waals surface area contributed by atoms with Crippen molar-refractivity contribution in [3.63, 3.8) is 0 Å². The molecule has 1 unspecified atom stereocenters. The quantitative estimate of drug-likeness (QED) is 0.912. The Labute approximate surface area is 130 Å². The van der Waals surface area contributed by atoms with E-state index in [1.165, 1.54) is 21.1 Å². The lowest BCUT2D eigenvalue weighted by Gasteiger charge is -2.07. The Morgan fingerprint density at radius 3 is 2.81 bits per heavy atom. The van der Waals surface area contributed by atoms with Crippen LogP contribution >= 0.6 is 11.3 Å². The van der Waals surface area contributed by atoms with Crippen molar-refractivity contribution in [1.29, 1.82) is 0 Å². The fourth-order valence-corrected chi connectivity index (χ4v) is 3.72. The van der Waals surface area contributed by atoms with Crippen LogP contribution in [0.15, 0.2) is 30.3 Å². The molecule has 0 spiro atoms. The first-order valence-electron chi connectivity index (χ1n) is 7.60. The highest BCUT2D eigenvalue weighted by atomic mass is 32.1. The van der Waals surface area contributed by atoms with Crippen LogP contribution in [-0.4, -0.2) is 24.2 Å². The van der Waals surface area contributed by atoms with Gasteiger partial charge in [-0.1, -0.05) is 44.2 Å². The molecule has 2 heterocycles. The summed E-state index contributed by atoms with van der Waals surface area (Å²) in [5.41, 5.74) is 2.43. The normalized spacial score (nSPS) is 18.5. The Morgan fingerprint density at radius 1 is 1.33 bits per heavy atom. The summed E-state index contributed by atoms with van der Waals surface area (Å²) < 4.78 is 5.52. The first-order chi connectivity index (χ1) is 10.2. The molecule has 0 aliphatic carbocycles. The van der Waals surface area contributed by atoms with E-state index in [1.54, 1.807) is 0 Å². The number of ether oxygens (including phenoxy) is 1. The second-order valence-electron chi connectivity index (χ2n) is 5.79. The third kappa shape index (κ3) is 3.51. The molecule has 1 fully saturated rings. The highest BCUT2D eigenvalue weighted by molar-refractivity contribution is 7.15. The fraction of sp³-hybridized carbons (Fsp3) is 0.471. The van der Waals surface area contributed by atoms with E-state index >= 15 is 0 Å². The van der Waals surface area contributed by atoms with Gasteiger partial charge in [-0.2, -0.15) is 0 Å². The number of rotatable bonds is 5. The van der Waals surface area contributed by atoms with Crippen molar-refractivity contribution in [2.75, 3.05) is 13.2 Å². The van der Waals surface area contributed by atoms with Gasteiger partial charge in [-0.3, -0.25) is 0 Å². The molecule has 1 aromatic heterocycles. The van der Waals surface area contributed by atoms with Gasteiger partial charge in [0, 0.05) is 25.1 Å². The van der Waals surface area contributed by atoms with Crippen LogP contribution in [0.1, 0.15) is 36.9 Å². The summed E-state index contributed by atoms with van der Waals surface area (Å²) in [4.78, 5) is 6.21. The van der Waals surface area contributed by atoms with Crippen molar-refractivity contribution in [3.8, 4) is 10.4 Å². The summed E-state index contributed by atoms with van der Waals surface area (Å²) in [7, 11) is 0. The standard InChI is InChI=1S/C17H22N2OS/c1-12(2)18-10-15-16(13-6-4-3-5-7-13)21-17(19-15)14-8-9-20-11-14/h3-7,12,14,18H,8-11H2,1-2H3. The zero-order chi connectivity index (χ0) is 14.7. The Hall–Kier alpha value is -1.23. The van der Waals surface area contributed by atoms with E-state index in [9.17, 15) is 0 Å². The first-order valence-corrected chi connectivity index (χ1v) is 8.42. The summed E-state index contributed by atoms with van der Waals surface area (Å²) >= 11 is 1.83. The van der Waals surface area contributed by atoms with Crippen LogP contribution in [-0.2, 0) is 11.3 Å². The minimum absolute atomic E-state index is 0.466. The molecule has 2 aromatic rings. The molecule has 0 amide bonds. The topological polar surface area (TPSA) is 34.2 Å². The van der Waals surface area contributed by atoms with E-state index in [-0.39, 0.29) is 0 Å². The number of aromatic nitrogens is 1. The Kier molecular flexibility index (Phi) is 4.68. The molecule has 1 aliphatic rings. The Balaban J connectivity index is 1.91. The summed E-state index contributed by atoms with van der Waals surface area (Å²) in [6.45, 7) is 6.84. The molecular weight excluding hydrogens is 280 g/mol. The van der Waals surface area contributed by atoms with Crippen LogP contribution in [0.3, 0.4) is 0 Å². The molecule has 4 heteroatoms. The summed E-state index contributed by atoms with van der Waals surface area (Å²) in [5, 5.41) is 4.72. The van der Waals surface area contributed by atoms with Gasteiger partial charge in [0.15, 0.2) is 0 Å². The lowest BCUT2D eigenvalue weighted by molar-refractivity contribution is 0.194. The molecule has 1 aliphatic heterocycles. The van der Waals surface area contributed by atoms with Gasteiger partial charge in [-0.15, -0.1) is 11.3 Å². The van der Waals surface area contributed by atoms with Crippen molar-refractivity contribution < 1.29 is 4.74 Å². The Morgan fingerprint density at radius 2 is 2.14 bits per heavy atom. The number of nitrogens with one attached hydrogen (secondary N) is 1. The van der Waals surface area contributed by atoms with E-state index in [4.69, 9.17) is 9.72 Å². The Bertz CT molecular complexity index is 574. The van der Waals surface area contributed by atoms with Crippen molar-refractivity contribution in [2.45, 2.75) is 38.8 Å². The third-order valence-electron chi connectivity index (χ3n) is 3.71. The molecule has 1 saturated heterocycles. The first kappa shape index (κ1) is 14.7. The average Bonchev–Trinajstić information content (AvgIpc) is 3.15. The van der Waals surface area contributed by atoms with Gasteiger partial charge in [0.25, 0.3) is 0 Å². The van der Waals surface area contributed by atoms with Crippen LogP contribution in [0, 0.1) is 0 Å². The summed E-state index contributed by atoms with van der Waals surface area (Å²) in [6.07, 6.45) is 1.10. The van der Waals surface area contributed by atoms with Gasteiger partial charge in [0.1, 0.15) is 0 Å². The molecule has 1 aromatic carbocycles. The minimum atomic E-state index is 0.466. The molecule has 0 bridgehead atoms. The number of thiazole rings is 1. The zero-order valence-corrected chi connectivity index (χ0v) is 13.5. The average molecular weight is 302 g/mol. The van der Waals surface area contributed by atoms with Crippen LogP contribution < -0.4 is 5.32 Å². The molecule has 1 atom stereocenters. The van der Waals surface area contributed by atoms with Crippen LogP contribution in [0.4, 0.5) is 0 Å². The predicted molar refractivity (Wildman–Crippen MR) is 87.7 cm³/mol. The second-order valence-corrected chi connectivity index (χ2v) is 6.82. The minimum Gasteiger partial charge on any atom is -0.381 e.